The van der Waals surface area contributed by atoms with Crippen molar-refractivity contribution in [3.8, 4) is 0 Å². The Morgan fingerprint density at radius 3 is 2.50 bits per heavy atom. The van der Waals surface area contributed by atoms with Gasteiger partial charge in [0.2, 0.25) is 0 Å². The molecule has 0 saturated carbocycles. The van der Waals surface area contributed by atoms with E-state index in [9.17, 15) is 4.79 Å². The summed E-state index contributed by atoms with van der Waals surface area (Å²) in [6.07, 6.45) is 15.7. The summed E-state index contributed by atoms with van der Waals surface area (Å²) in [5.41, 5.74) is 4.84. The summed E-state index contributed by atoms with van der Waals surface area (Å²) in [5.74, 6) is 1.44. The van der Waals surface area contributed by atoms with E-state index < -0.39 is 0 Å². The number of hydrogen-bond acceptors (Lipinski definition) is 4. The SMILES string of the molecule is CCC(=O)c1cc(CCCC(C)=Cc2cc(CCCc3ccoc3)co2)co1. The fraction of sp³-hybridized carbons (Fsp3) is 0.375. The minimum Gasteiger partial charge on any atom is -0.472 e. The Bertz CT molecular complexity index is 893. The van der Waals surface area contributed by atoms with E-state index in [0.717, 1.165) is 49.8 Å². The van der Waals surface area contributed by atoms with Crippen LogP contribution in [0.15, 0.2) is 62.1 Å². The molecule has 0 aliphatic heterocycles. The van der Waals surface area contributed by atoms with Crippen LogP contribution in [-0.2, 0) is 19.3 Å². The van der Waals surface area contributed by atoms with Crippen molar-refractivity contribution in [2.24, 2.45) is 0 Å². The van der Waals surface area contributed by atoms with Crippen molar-refractivity contribution in [2.75, 3.05) is 0 Å². The van der Waals surface area contributed by atoms with Crippen molar-refractivity contribution < 1.29 is 18.0 Å². The average molecular weight is 380 g/mol. The van der Waals surface area contributed by atoms with Crippen LogP contribution in [0.3, 0.4) is 0 Å². The summed E-state index contributed by atoms with van der Waals surface area (Å²) in [6, 6.07) is 6.00. The Kier molecular flexibility index (Phi) is 7.12. The Balaban J connectivity index is 1.41. The number of Topliss-reactive ketones (excluding diaryl/α,β-unsaturated/α-hetero) is 1. The number of allylic oxidation sites excluding steroid dienone is 1. The van der Waals surface area contributed by atoms with Crippen LogP contribution in [0.2, 0.25) is 0 Å². The standard InChI is InChI=1S/C24H28O4/c1-3-23(25)24-14-21(17-28-24)8-4-6-18(2)12-22-13-20(16-27-22)9-5-7-19-10-11-26-15-19/h10-17H,3-9H2,1-2H3. The number of ketones is 1. The molecule has 3 heterocycles. The molecule has 0 unspecified atom stereocenters. The van der Waals surface area contributed by atoms with E-state index in [0.29, 0.717) is 12.2 Å². The third-order valence-electron chi connectivity index (χ3n) is 4.86. The third-order valence-corrected chi connectivity index (χ3v) is 4.86. The number of aryl methyl sites for hydroxylation is 3. The monoisotopic (exact) mass is 380 g/mol. The van der Waals surface area contributed by atoms with Crippen LogP contribution in [0.5, 0.6) is 0 Å². The molecule has 0 radical (unpaired) electrons. The van der Waals surface area contributed by atoms with Gasteiger partial charge in [-0.15, -0.1) is 0 Å². The van der Waals surface area contributed by atoms with E-state index in [2.05, 4.69) is 19.1 Å². The van der Waals surface area contributed by atoms with Crippen molar-refractivity contribution in [2.45, 2.75) is 58.8 Å². The van der Waals surface area contributed by atoms with Gasteiger partial charge in [0.05, 0.1) is 25.1 Å². The topological polar surface area (TPSA) is 56.5 Å². The summed E-state index contributed by atoms with van der Waals surface area (Å²) >= 11 is 0. The molecule has 4 nitrogen and oxygen atoms in total. The second-order valence-corrected chi connectivity index (χ2v) is 7.28. The lowest BCUT2D eigenvalue weighted by molar-refractivity contribution is 0.0961. The average Bonchev–Trinajstić information content (AvgIpc) is 3.43. The predicted molar refractivity (Wildman–Crippen MR) is 109 cm³/mol. The van der Waals surface area contributed by atoms with Crippen LogP contribution >= 0.6 is 0 Å². The first-order chi connectivity index (χ1) is 13.6. The summed E-state index contributed by atoms with van der Waals surface area (Å²) < 4.78 is 16.1. The van der Waals surface area contributed by atoms with Gasteiger partial charge >= 0.3 is 0 Å². The fourth-order valence-electron chi connectivity index (χ4n) is 3.25. The Hall–Kier alpha value is -2.75. The molecule has 0 spiro atoms. The minimum atomic E-state index is 0.0562. The highest BCUT2D eigenvalue weighted by Crippen LogP contribution is 2.18. The van der Waals surface area contributed by atoms with Crippen molar-refractivity contribution in [3.63, 3.8) is 0 Å². The number of furan rings is 3. The van der Waals surface area contributed by atoms with Crippen LogP contribution in [0.1, 0.15) is 72.5 Å². The van der Waals surface area contributed by atoms with E-state index in [1.54, 1.807) is 18.8 Å². The smallest absolute Gasteiger partial charge is 0.197 e. The van der Waals surface area contributed by atoms with Crippen LogP contribution in [0.25, 0.3) is 6.08 Å². The molecule has 28 heavy (non-hydrogen) atoms. The zero-order chi connectivity index (χ0) is 19.8. The number of carbonyl (C=O) groups is 1. The molecular formula is C24H28O4. The first kappa shape index (κ1) is 20.0. The van der Waals surface area contributed by atoms with E-state index in [4.69, 9.17) is 13.3 Å². The number of rotatable bonds is 11. The van der Waals surface area contributed by atoms with Crippen LogP contribution in [-0.4, -0.2) is 5.78 Å². The van der Waals surface area contributed by atoms with Gasteiger partial charge in [-0.2, -0.15) is 0 Å². The molecule has 0 aliphatic rings. The molecule has 0 aromatic carbocycles. The molecule has 3 rings (SSSR count). The minimum absolute atomic E-state index is 0.0562. The highest BCUT2D eigenvalue weighted by molar-refractivity contribution is 5.93. The first-order valence-electron chi connectivity index (χ1n) is 10.0. The van der Waals surface area contributed by atoms with E-state index in [-0.39, 0.29) is 5.78 Å². The maximum Gasteiger partial charge on any atom is 0.197 e. The van der Waals surface area contributed by atoms with Crippen molar-refractivity contribution in [1.82, 2.24) is 0 Å². The van der Waals surface area contributed by atoms with Gasteiger partial charge in [-0.1, -0.05) is 12.5 Å². The van der Waals surface area contributed by atoms with Gasteiger partial charge in [0.1, 0.15) is 5.76 Å². The van der Waals surface area contributed by atoms with Crippen molar-refractivity contribution >= 4 is 11.9 Å². The molecule has 3 aromatic heterocycles. The van der Waals surface area contributed by atoms with Gasteiger partial charge in [-0.05, 0) is 86.4 Å². The summed E-state index contributed by atoms with van der Waals surface area (Å²) in [4.78, 5) is 11.6. The quantitative estimate of drug-likeness (QED) is 0.349. The van der Waals surface area contributed by atoms with Gasteiger partial charge in [-0.25, -0.2) is 0 Å². The lowest BCUT2D eigenvalue weighted by Gasteiger charge is -1.99. The van der Waals surface area contributed by atoms with Crippen molar-refractivity contribution in [1.29, 1.82) is 0 Å². The molecule has 3 aromatic rings. The predicted octanol–water partition coefficient (Wildman–Crippen LogP) is 6.66. The zero-order valence-corrected chi connectivity index (χ0v) is 16.7. The highest BCUT2D eigenvalue weighted by Gasteiger charge is 2.09. The second-order valence-electron chi connectivity index (χ2n) is 7.28. The van der Waals surface area contributed by atoms with Gasteiger partial charge < -0.3 is 13.3 Å². The fourth-order valence-corrected chi connectivity index (χ4v) is 3.25. The summed E-state index contributed by atoms with van der Waals surface area (Å²) in [5, 5.41) is 0. The maximum absolute atomic E-state index is 11.6. The molecule has 0 amide bonds. The van der Waals surface area contributed by atoms with Gasteiger partial charge in [0.15, 0.2) is 11.5 Å². The first-order valence-corrected chi connectivity index (χ1v) is 10.0. The third kappa shape index (κ3) is 5.88. The second kappa shape index (κ2) is 9.98. The van der Waals surface area contributed by atoms with Gasteiger partial charge in [-0.3, -0.25) is 4.79 Å². The van der Waals surface area contributed by atoms with Crippen molar-refractivity contribution in [3.05, 3.63) is 77.0 Å². The van der Waals surface area contributed by atoms with E-state index >= 15 is 0 Å². The molecule has 148 valence electrons. The molecule has 0 saturated heterocycles. The molecule has 0 N–H and O–H groups in total. The Labute approximate surface area is 166 Å². The highest BCUT2D eigenvalue weighted by atomic mass is 16.3. The Morgan fingerprint density at radius 2 is 1.71 bits per heavy atom. The van der Waals surface area contributed by atoms with Crippen LogP contribution in [0, 0.1) is 0 Å². The largest absolute Gasteiger partial charge is 0.472 e. The van der Waals surface area contributed by atoms with Crippen LogP contribution < -0.4 is 0 Å². The van der Waals surface area contributed by atoms with Crippen LogP contribution in [0.4, 0.5) is 0 Å². The van der Waals surface area contributed by atoms with E-state index in [1.165, 1.54) is 16.7 Å². The lowest BCUT2D eigenvalue weighted by atomic mass is 10.1. The number of hydrogen-bond donors (Lipinski definition) is 0. The summed E-state index contributed by atoms with van der Waals surface area (Å²) in [6.45, 7) is 3.97. The molecule has 0 bridgehead atoms. The molecule has 0 aliphatic carbocycles. The van der Waals surface area contributed by atoms with Gasteiger partial charge in [0, 0.05) is 6.42 Å². The normalized spacial score (nSPS) is 11.9. The number of carbonyl (C=O) groups excluding carboxylic acids is 1. The molecule has 0 atom stereocenters. The van der Waals surface area contributed by atoms with E-state index in [1.807, 2.05) is 25.3 Å². The maximum atomic E-state index is 11.6. The molecular weight excluding hydrogens is 352 g/mol. The lowest BCUT2D eigenvalue weighted by Crippen LogP contribution is -1.92. The molecule has 4 heteroatoms. The molecule has 0 fully saturated rings. The Morgan fingerprint density at radius 1 is 0.964 bits per heavy atom. The van der Waals surface area contributed by atoms with Gasteiger partial charge in [0.25, 0.3) is 0 Å². The zero-order valence-electron chi connectivity index (χ0n) is 16.7. The summed E-state index contributed by atoms with van der Waals surface area (Å²) in [7, 11) is 0.